The normalized spacial score (nSPS) is 17.7. The minimum Gasteiger partial charge on any atom is -0.493 e. The second kappa shape index (κ2) is 4.34. The van der Waals surface area contributed by atoms with Crippen LogP contribution in [-0.4, -0.2) is 13.7 Å². The molecule has 0 aliphatic heterocycles. The summed E-state index contributed by atoms with van der Waals surface area (Å²) in [6.45, 7) is 2.60. The minimum absolute atomic E-state index is 0.210. The molecule has 2 rings (SSSR count). The van der Waals surface area contributed by atoms with Gasteiger partial charge in [0.2, 0.25) is 0 Å². The monoisotopic (exact) mass is 221 g/mol. The van der Waals surface area contributed by atoms with Crippen LogP contribution in [0.2, 0.25) is 0 Å². The molecule has 0 atom stereocenters. The van der Waals surface area contributed by atoms with Gasteiger partial charge in [-0.05, 0) is 32.3 Å². The Morgan fingerprint density at radius 1 is 1.38 bits per heavy atom. The summed E-state index contributed by atoms with van der Waals surface area (Å²) in [5.74, 6) is 1.59. The summed E-state index contributed by atoms with van der Waals surface area (Å²) in [7, 11) is 1.67. The maximum absolute atomic E-state index is 6.33. The molecule has 2 N–H and O–H groups in total. The van der Waals surface area contributed by atoms with Crippen molar-refractivity contribution >= 4 is 0 Å². The van der Waals surface area contributed by atoms with E-state index in [2.05, 4.69) is 0 Å². The summed E-state index contributed by atoms with van der Waals surface area (Å²) < 4.78 is 11.0. The molecule has 0 aromatic heterocycles. The van der Waals surface area contributed by atoms with Crippen LogP contribution in [0.1, 0.15) is 31.7 Å². The Morgan fingerprint density at radius 3 is 2.62 bits per heavy atom. The highest BCUT2D eigenvalue weighted by atomic mass is 16.5. The van der Waals surface area contributed by atoms with Gasteiger partial charge in [-0.2, -0.15) is 0 Å². The summed E-state index contributed by atoms with van der Waals surface area (Å²) in [5, 5.41) is 0. The smallest absolute Gasteiger partial charge is 0.165 e. The Kier molecular flexibility index (Phi) is 3.06. The second-order valence-electron chi connectivity index (χ2n) is 4.28. The molecule has 1 saturated carbocycles. The summed E-state index contributed by atoms with van der Waals surface area (Å²) in [6, 6.07) is 5.95. The lowest BCUT2D eigenvalue weighted by Crippen LogP contribution is -2.43. The highest BCUT2D eigenvalue weighted by Crippen LogP contribution is 2.45. The van der Waals surface area contributed by atoms with Crippen molar-refractivity contribution in [3.05, 3.63) is 23.8 Å². The first-order chi connectivity index (χ1) is 7.71. The van der Waals surface area contributed by atoms with Crippen molar-refractivity contribution in [1.29, 1.82) is 0 Å². The van der Waals surface area contributed by atoms with Gasteiger partial charge >= 0.3 is 0 Å². The summed E-state index contributed by atoms with van der Waals surface area (Å²) >= 11 is 0. The third-order valence-electron chi connectivity index (χ3n) is 3.27. The molecule has 0 heterocycles. The number of benzene rings is 1. The van der Waals surface area contributed by atoms with Crippen molar-refractivity contribution in [3.63, 3.8) is 0 Å². The Bertz CT molecular complexity index is 372. The van der Waals surface area contributed by atoms with Crippen LogP contribution in [0.3, 0.4) is 0 Å². The molecule has 0 spiro atoms. The predicted octanol–water partition coefficient (Wildman–Crippen LogP) is 2.43. The average molecular weight is 221 g/mol. The van der Waals surface area contributed by atoms with Crippen LogP contribution in [0.15, 0.2) is 18.2 Å². The van der Waals surface area contributed by atoms with Crippen molar-refractivity contribution in [2.24, 2.45) is 5.73 Å². The molecule has 1 aromatic rings. The van der Waals surface area contributed by atoms with E-state index in [1.807, 2.05) is 25.1 Å². The molecular weight excluding hydrogens is 202 g/mol. The van der Waals surface area contributed by atoms with Crippen molar-refractivity contribution in [2.75, 3.05) is 13.7 Å². The number of nitrogens with two attached hydrogens (primary N) is 1. The molecule has 3 heteroatoms. The quantitative estimate of drug-likeness (QED) is 0.849. The van der Waals surface area contributed by atoms with Gasteiger partial charge in [-0.25, -0.2) is 0 Å². The van der Waals surface area contributed by atoms with Crippen molar-refractivity contribution in [1.82, 2.24) is 0 Å². The molecule has 0 saturated heterocycles. The highest BCUT2D eigenvalue weighted by molar-refractivity contribution is 5.50. The molecule has 0 radical (unpaired) electrons. The van der Waals surface area contributed by atoms with E-state index < -0.39 is 0 Å². The van der Waals surface area contributed by atoms with Crippen molar-refractivity contribution in [2.45, 2.75) is 31.7 Å². The van der Waals surface area contributed by atoms with E-state index in [1.54, 1.807) is 7.11 Å². The van der Waals surface area contributed by atoms with Crippen molar-refractivity contribution < 1.29 is 9.47 Å². The molecule has 1 aromatic carbocycles. The van der Waals surface area contributed by atoms with Crippen LogP contribution >= 0.6 is 0 Å². The number of hydrogen-bond donors (Lipinski definition) is 1. The number of hydrogen-bond acceptors (Lipinski definition) is 3. The van der Waals surface area contributed by atoms with Gasteiger partial charge in [0.1, 0.15) is 0 Å². The zero-order valence-electron chi connectivity index (χ0n) is 9.95. The van der Waals surface area contributed by atoms with Crippen LogP contribution < -0.4 is 15.2 Å². The highest BCUT2D eigenvalue weighted by Gasteiger charge is 2.37. The van der Waals surface area contributed by atoms with Gasteiger partial charge in [0.25, 0.3) is 0 Å². The van der Waals surface area contributed by atoms with Crippen LogP contribution in [-0.2, 0) is 5.54 Å². The maximum atomic E-state index is 6.33. The first-order valence-corrected chi connectivity index (χ1v) is 5.80. The van der Waals surface area contributed by atoms with E-state index in [4.69, 9.17) is 15.2 Å². The first kappa shape index (κ1) is 11.3. The molecule has 0 amide bonds. The molecule has 16 heavy (non-hydrogen) atoms. The molecular formula is C13H19NO2. The van der Waals surface area contributed by atoms with E-state index in [1.165, 1.54) is 6.42 Å². The van der Waals surface area contributed by atoms with Gasteiger partial charge in [0, 0.05) is 11.1 Å². The van der Waals surface area contributed by atoms with Crippen LogP contribution in [0, 0.1) is 0 Å². The number of methoxy groups -OCH3 is 1. The Morgan fingerprint density at radius 2 is 2.12 bits per heavy atom. The third-order valence-corrected chi connectivity index (χ3v) is 3.27. The van der Waals surface area contributed by atoms with Gasteiger partial charge in [0.05, 0.1) is 13.7 Å². The van der Waals surface area contributed by atoms with Gasteiger partial charge in [-0.15, -0.1) is 0 Å². The minimum atomic E-state index is -0.210. The van der Waals surface area contributed by atoms with Crippen molar-refractivity contribution in [3.8, 4) is 11.5 Å². The Hall–Kier alpha value is -1.22. The fourth-order valence-electron chi connectivity index (χ4n) is 2.21. The van der Waals surface area contributed by atoms with Gasteiger partial charge in [-0.3, -0.25) is 0 Å². The average Bonchev–Trinajstić information content (AvgIpc) is 2.26. The van der Waals surface area contributed by atoms with E-state index in [0.29, 0.717) is 6.61 Å². The number of para-hydroxylation sites is 1. The zero-order valence-corrected chi connectivity index (χ0v) is 9.95. The molecule has 1 aliphatic carbocycles. The fraction of sp³-hybridized carbons (Fsp3) is 0.538. The van der Waals surface area contributed by atoms with Crippen LogP contribution in [0.5, 0.6) is 11.5 Å². The number of rotatable bonds is 4. The van der Waals surface area contributed by atoms with E-state index in [9.17, 15) is 0 Å². The summed E-state index contributed by atoms with van der Waals surface area (Å²) in [5.41, 5.74) is 7.20. The third kappa shape index (κ3) is 1.76. The van der Waals surface area contributed by atoms with E-state index in [-0.39, 0.29) is 5.54 Å². The Labute approximate surface area is 96.5 Å². The van der Waals surface area contributed by atoms with Gasteiger partial charge < -0.3 is 15.2 Å². The molecule has 0 unspecified atom stereocenters. The molecule has 3 nitrogen and oxygen atoms in total. The topological polar surface area (TPSA) is 44.5 Å². The molecule has 0 bridgehead atoms. The lowest BCUT2D eigenvalue weighted by molar-refractivity contribution is 0.238. The van der Waals surface area contributed by atoms with E-state index in [0.717, 1.165) is 29.9 Å². The lowest BCUT2D eigenvalue weighted by atomic mass is 9.72. The fourth-order valence-corrected chi connectivity index (χ4v) is 2.21. The molecule has 88 valence electrons. The van der Waals surface area contributed by atoms with Crippen LogP contribution in [0.25, 0.3) is 0 Å². The second-order valence-corrected chi connectivity index (χ2v) is 4.28. The SMILES string of the molecule is CCOc1cccc(C2(N)CCC2)c1OC. The summed E-state index contributed by atoms with van der Waals surface area (Å²) in [4.78, 5) is 0. The van der Waals surface area contributed by atoms with Gasteiger partial charge in [-0.1, -0.05) is 12.1 Å². The molecule has 1 aliphatic rings. The summed E-state index contributed by atoms with van der Waals surface area (Å²) in [6.07, 6.45) is 3.25. The zero-order chi connectivity index (χ0) is 11.6. The first-order valence-electron chi connectivity index (χ1n) is 5.80. The largest absolute Gasteiger partial charge is 0.493 e. The lowest BCUT2D eigenvalue weighted by Gasteiger charge is -2.39. The molecule has 1 fully saturated rings. The van der Waals surface area contributed by atoms with E-state index >= 15 is 0 Å². The van der Waals surface area contributed by atoms with Gasteiger partial charge in [0.15, 0.2) is 11.5 Å². The van der Waals surface area contributed by atoms with Crippen LogP contribution in [0.4, 0.5) is 0 Å². The standard InChI is InChI=1S/C13H19NO2/c1-3-16-11-7-4-6-10(12(11)15-2)13(14)8-5-9-13/h4,6-7H,3,5,8-9,14H2,1-2H3. The predicted molar refractivity (Wildman–Crippen MR) is 63.9 cm³/mol. The Balaban J connectivity index is 2.40. The maximum Gasteiger partial charge on any atom is 0.165 e. The number of ether oxygens (including phenoxy) is 2.